The molecule has 0 radical (unpaired) electrons. The number of hydrogen-bond donors (Lipinski definition) is 1. The second-order valence-corrected chi connectivity index (χ2v) is 8.94. The van der Waals surface area contributed by atoms with E-state index in [1.54, 1.807) is 6.07 Å². The molecule has 3 aromatic carbocycles. The molecule has 152 valence electrons. The average Bonchev–Trinajstić information content (AvgIpc) is 2.71. The summed E-state index contributed by atoms with van der Waals surface area (Å²) in [5, 5.41) is 12.3. The van der Waals surface area contributed by atoms with Gasteiger partial charge in [-0.1, -0.05) is 50.2 Å². The van der Waals surface area contributed by atoms with Gasteiger partial charge < -0.3 is 14.6 Å². The van der Waals surface area contributed by atoms with E-state index in [-0.39, 0.29) is 22.9 Å². The molecule has 0 spiro atoms. The van der Waals surface area contributed by atoms with Gasteiger partial charge in [0.1, 0.15) is 11.5 Å². The van der Waals surface area contributed by atoms with Gasteiger partial charge in [-0.25, -0.2) is 0 Å². The zero-order chi connectivity index (χ0) is 21.0. The van der Waals surface area contributed by atoms with Crippen LogP contribution in [0.15, 0.2) is 65.9 Å². The van der Waals surface area contributed by atoms with Crippen molar-refractivity contribution in [1.82, 2.24) is 0 Å². The van der Waals surface area contributed by atoms with E-state index in [4.69, 9.17) is 9.47 Å². The van der Waals surface area contributed by atoms with E-state index >= 15 is 0 Å². The molecule has 4 heteroatoms. The normalized spacial score (nSPS) is 19.8. The number of ketones is 1. The van der Waals surface area contributed by atoms with E-state index < -0.39 is 0 Å². The van der Waals surface area contributed by atoms with E-state index in [0.717, 1.165) is 39.0 Å². The lowest BCUT2D eigenvalue weighted by Gasteiger charge is -2.38. The van der Waals surface area contributed by atoms with Crippen LogP contribution >= 0.6 is 0 Å². The lowest BCUT2D eigenvalue weighted by Crippen LogP contribution is -2.33. The first-order chi connectivity index (χ1) is 14.4. The third-order valence-corrected chi connectivity index (χ3v) is 6.16. The number of allylic oxidation sites excluding steroid dienone is 2. The van der Waals surface area contributed by atoms with Crippen LogP contribution in [-0.4, -0.2) is 18.0 Å². The Labute approximate surface area is 175 Å². The smallest absolute Gasteiger partial charge is 0.163 e. The number of Topliss-reactive ketones (excluding diaryl/α,β-unsaturated/α-hetero) is 1. The predicted molar refractivity (Wildman–Crippen MR) is 116 cm³/mol. The topological polar surface area (TPSA) is 55.8 Å². The Hall–Kier alpha value is -3.27. The first-order valence-electron chi connectivity index (χ1n) is 10.2. The number of aromatic hydroxyl groups is 1. The third-order valence-electron chi connectivity index (χ3n) is 6.16. The fraction of sp³-hybridized carbons (Fsp3) is 0.269. The maximum atomic E-state index is 13.4. The van der Waals surface area contributed by atoms with Gasteiger partial charge in [0.05, 0.1) is 7.11 Å². The maximum absolute atomic E-state index is 13.4. The van der Waals surface area contributed by atoms with Crippen molar-refractivity contribution in [3.8, 4) is 17.2 Å². The van der Waals surface area contributed by atoms with Gasteiger partial charge >= 0.3 is 0 Å². The van der Waals surface area contributed by atoms with Crippen LogP contribution in [0.5, 0.6) is 17.2 Å². The zero-order valence-corrected chi connectivity index (χ0v) is 17.4. The Morgan fingerprint density at radius 3 is 2.67 bits per heavy atom. The molecule has 0 amide bonds. The highest BCUT2D eigenvalue weighted by Crippen LogP contribution is 2.52. The molecule has 2 aliphatic rings. The highest BCUT2D eigenvalue weighted by Gasteiger charge is 2.42. The van der Waals surface area contributed by atoms with Crippen molar-refractivity contribution < 1.29 is 19.4 Å². The molecule has 3 aromatic rings. The third kappa shape index (κ3) is 2.86. The van der Waals surface area contributed by atoms with Gasteiger partial charge in [-0.05, 0) is 39.9 Å². The minimum atomic E-state index is -0.270. The summed E-state index contributed by atoms with van der Waals surface area (Å²) >= 11 is 0. The zero-order valence-electron chi connectivity index (χ0n) is 17.4. The number of ether oxygens (including phenoxy) is 2. The van der Waals surface area contributed by atoms with E-state index in [1.165, 1.54) is 7.11 Å². The van der Waals surface area contributed by atoms with Crippen LogP contribution in [0.4, 0.5) is 0 Å². The highest BCUT2D eigenvalue weighted by molar-refractivity contribution is 6.02. The first-order valence-corrected chi connectivity index (χ1v) is 10.2. The molecule has 0 saturated heterocycles. The van der Waals surface area contributed by atoms with Crippen molar-refractivity contribution in [3.63, 3.8) is 0 Å². The van der Waals surface area contributed by atoms with Gasteiger partial charge in [-0.2, -0.15) is 0 Å². The average molecular weight is 400 g/mol. The van der Waals surface area contributed by atoms with Crippen molar-refractivity contribution in [2.75, 3.05) is 7.11 Å². The molecule has 0 bridgehead atoms. The summed E-state index contributed by atoms with van der Waals surface area (Å²) in [4.78, 5) is 13.4. The molecule has 1 N–H and O–H groups in total. The van der Waals surface area contributed by atoms with Crippen LogP contribution in [0.1, 0.15) is 43.7 Å². The largest absolute Gasteiger partial charge is 0.504 e. The fourth-order valence-electron chi connectivity index (χ4n) is 4.84. The van der Waals surface area contributed by atoms with Crippen molar-refractivity contribution in [2.45, 2.75) is 32.6 Å². The van der Waals surface area contributed by atoms with E-state index in [1.807, 2.05) is 30.3 Å². The van der Waals surface area contributed by atoms with E-state index in [2.05, 4.69) is 32.0 Å². The molecule has 1 heterocycles. The lowest BCUT2D eigenvalue weighted by molar-refractivity contribution is -0.118. The SMILES string of the molecule is COc1cc(C2C3=C(CC(C)(C)CC3=O)Oc3ccc4ccccc4c32)ccc1O. The number of carbonyl (C=O) groups is 1. The molecule has 0 saturated carbocycles. The van der Waals surface area contributed by atoms with Crippen molar-refractivity contribution in [1.29, 1.82) is 0 Å². The minimum Gasteiger partial charge on any atom is -0.504 e. The van der Waals surface area contributed by atoms with Gasteiger partial charge in [0, 0.05) is 29.9 Å². The van der Waals surface area contributed by atoms with E-state index in [0.29, 0.717) is 18.6 Å². The van der Waals surface area contributed by atoms with Gasteiger partial charge in [-0.15, -0.1) is 0 Å². The van der Waals surface area contributed by atoms with Crippen LogP contribution in [-0.2, 0) is 4.79 Å². The molecule has 1 aliphatic heterocycles. The fourth-order valence-corrected chi connectivity index (χ4v) is 4.84. The Morgan fingerprint density at radius 1 is 1.07 bits per heavy atom. The van der Waals surface area contributed by atoms with Gasteiger partial charge in [0.15, 0.2) is 17.3 Å². The summed E-state index contributed by atoms with van der Waals surface area (Å²) in [6.07, 6.45) is 1.20. The Bertz CT molecular complexity index is 1220. The number of methoxy groups -OCH3 is 1. The van der Waals surface area contributed by atoms with Gasteiger partial charge in [-0.3, -0.25) is 4.79 Å². The number of fused-ring (bicyclic) bond motifs is 3. The second kappa shape index (κ2) is 6.63. The van der Waals surface area contributed by atoms with Crippen molar-refractivity contribution in [3.05, 3.63) is 77.1 Å². The van der Waals surface area contributed by atoms with Crippen molar-refractivity contribution in [2.24, 2.45) is 5.41 Å². The quantitative estimate of drug-likeness (QED) is 0.598. The van der Waals surface area contributed by atoms with Crippen LogP contribution < -0.4 is 9.47 Å². The monoisotopic (exact) mass is 400 g/mol. The van der Waals surface area contributed by atoms with E-state index in [9.17, 15) is 9.90 Å². The maximum Gasteiger partial charge on any atom is 0.163 e. The second-order valence-electron chi connectivity index (χ2n) is 8.94. The van der Waals surface area contributed by atoms with Crippen LogP contribution in [0.3, 0.4) is 0 Å². The lowest BCUT2D eigenvalue weighted by atomic mass is 9.69. The van der Waals surface area contributed by atoms with Gasteiger partial charge in [0.25, 0.3) is 0 Å². The van der Waals surface area contributed by atoms with Crippen LogP contribution in [0, 0.1) is 5.41 Å². The molecule has 4 nitrogen and oxygen atoms in total. The number of rotatable bonds is 2. The summed E-state index contributed by atoms with van der Waals surface area (Å²) in [6, 6.07) is 17.5. The summed E-state index contributed by atoms with van der Waals surface area (Å²) in [7, 11) is 1.53. The molecule has 1 atom stereocenters. The Balaban J connectivity index is 1.82. The van der Waals surface area contributed by atoms with Gasteiger partial charge in [0.2, 0.25) is 0 Å². The van der Waals surface area contributed by atoms with Crippen molar-refractivity contribution >= 4 is 16.6 Å². The Morgan fingerprint density at radius 2 is 1.87 bits per heavy atom. The number of phenols is 1. The number of hydrogen-bond acceptors (Lipinski definition) is 4. The summed E-state index contributed by atoms with van der Waals surface area (Å²) < 4.78 is 11.7. The Kier molecular flexibility index (Phi) is 4.14. The molecular weight excluding hydrogens is 376 g/mol. The van der Waals surface area contributed by atoms with Crippen LogP contribution in [0.25, 0.3) is 10.8 Å². The molecular formula is C26H24O4. The summed E-state index contributed by atoms with van der Waals surface area (Å²) in [5.74, 6) is 1.87. The summed E-state index contributed by atoms with van der Waals surface area (Å²) in [5.41, 5.74) is 2.49. The first kappa shape index (κ1) is 18.7. The molecule has 1 unspecified atom stereocenters. The number of phenolic OH excluding ortho intramolecular Hbond substituents is 1. The summed E-state index contributed by atoms with van der Waals surface area (Å²) in [6.45, 7) is 4.21. The minimum absolute atomic E-state index is 0.0803. The molecule has 1 aliphatic carbocycles. The predicted octanol–water partition coefficient (Wildman–Crippen LogP) is 5.72. The standard InChI is InChI=1S/C26H24O4/c1-26(2)13-19(28)25-22(14-26)30-20-11-9-15-6-4-5-7-17(15)24(20)23(25)16-8-10-18(27)21(12-16)29-3/h4-12,23,27H,13-14H2,1-3H3. The molecule has 0 aromatic heterocycles. The molecule has 30 heavy (non-hydrogen) atoms. The van der Waals surface area contributed by atoms with Crippen LogP contribution in [0.2, 0.25) is 0 Å². The number of carbonyl (C=O) groups excluding carboxylic acids is 1. The highest BCUT2D eigenvalue weighted by atomic mass is 16.5. The number of benzene rings is 3. The molecule has 0 fully saturated rings. The molecule has 5 rings (SSSR count).